The fraction of sp³-hybridized carbons (Fsp3) is 0.625. The van der Waals surface area contributed by atoms with E-state index in [1.54, 1.807) is 0 Å². The van der Waals surface area contributed by atoms with Crippen LogP contribution in [0.2, 0.25) is 18.6 Å². The smallest absolute Gasteiger partial charge is 0.334 e. The molecule has 3 nitrogen and oxygen atoms in total. The van der Waals surface area contributed by atoms with E-state index in [0.717, 1.165) is 38.5 Å². The van der Waals surface area contributed by atoms with Crippen molar-refractivity contribution in [2.24, 2.45) is 0 Å². The quantitative estimate of drug-likeness (QED) is 0.437. The summed E-state index contributed by atoms with van der Waals surface area (Å²) in [5.41, 5.74) is 1.35. The van der Waals surface area contributed by atoms with Gasteiger partial charge in [0.25, 0.3) is 0 Å². The molecule has 0 saturated heterocycles. The second-order valence-electron chi connectivity index (χ2n) is 5.30. The van der Waals surface area contributed by atoms with Crippen LogP contribution >= 0.6 is 0 Å². The third-order valence-electron chi connectivity index (χ3n) is 3.45. The SMILES string of the molecule is CCO[Si](C)(CC[SiH2]COCCc1ccccc1)OCC. The molecule has 0 spiro atoms. The molecular formula is C16H30O3Si2. The molecule has 0 N–H and O–H groups in total. The lowest BCUT2D eigenvalue weighted by atomic mass is 10.2. The Hall–Kier alpha value is -0.466. The summed E-state index contributed by atoms with van der Waals surface area (Å²) in [7, 11) is -2.04. The zero-order valence-corrected chi connectivity index (χ0v) is 16.2. The van der Waals surface area contributed by atoms with Gasteiger partial charge in [0.05, 0.1) is 16.1 Å². The van der Waals surface area contributed by atoms with E-state index in [-0.39, 0.29) is 9.52 Å². The van der Waals surface area contributed by atoms with E-state index in [9.17, 15) is 0 Å². The van der Waals surface area contributed by atoms with Crippen LogP contribution in [-0.4, -0.2) is 44.1 Å². The van der Waals surface area contributed by atoms with Gasteiger partial charge in [-0.1, -0.05) is 36.4 Å². The lowest BCUT2D eigenvalue weighted by molar-refractivity contribution is 0.179. The lowest BCUT2D eigenvalue weighted by Gasteiger charge is -2.25. The van der Waals surface area contributed by atoms with Crippen LogP contribution < -0.4 is 0 Å². The highest BCUT2D eigenvalue weighted by Gasteiger charge is 2.29. The third-order valence-corrected chi connectivity index (χ3v) is 8.65. The topological polar surface area (TPSA) is 27.7 Å². The summed E-state index contributed by atoms with van der Waals surface area (Å²) in [6.07, 6.45) is 1.98. The Balaban J connectivity index is 2.05. The summed E-state index contributed by atoms with van der Waals surface area (Å²) in [5, 5.41) is 0. The average Bonchev–Trinajstić information content (AvgIpc) is 2.48. The van der Waals surface area contributed by atoms with Crippen LogP contribution in [0.3, 0.4) is 0 Å². The van der Waals surface area contributed by atoms with Crippen LogP contribution in [-0.2, 0) is 20.0 Å². The van der Waals surface area contributed by atoms with E-state index < -0.39 is 8.56 Å². The number of benzene rings is 1. The molecule has 1 aromatic rings. The number of hydrogen-bond acceptors (Lipinski definition) is 3. The van der Waals surface area contributed by atoms with Crippen molar-refractivity contribution in [3.05, 3.63) is 35.9 Å². The summed E-state index contributed by atoms with van der Waals surface area (Å²) in [6, 6.07) is 12.9. The minimum atomic E-state index is -1.89. The molecule has 0 aliphatic rings. The number of hydrogen-bond donors (Lipinski definition) is 0. The maximum absolute atomic E-state index is 5.85. The molecule has 0 unspecified atom stereocenters. The molecule has 0 amide bonds. The first kappa shape index (κ1) is 18.6. The molecule has 0 saturated carbocycles. The van der Waals surface area contributed by atoms with E-state index in [2.05, 4.69) is 36.9 Å². The van der Waals surface area contributed by atoms with Crippen molar-refractivity contribution in [2.45, 2.75) is 38.9 Å². The molecule has 0 bridgehead atoms. The molecule has 0 heterocycles. The molecule has 0 aromatic heterocycles. The third kappa shape index (κ3) is 8.53. The van der Waals surface area contributed by atoms with E-state index >= 15 is 0 Å². The Morgan fingerprint density at radius 1 is 1.05 bits per heavy atom. The van der Waals surface area contributed by atoms with Crippen molar-refractivity contribution in [3.8, 4) is 0 Å². The monoisotopic (exact) mass is 326 g/mol. The van der Waals surface area contributed by atoms with Crippen molar-refractivity contribution in [1.29, 1.82) is 0 Å². The van der Waals surface area contributed by atoms with E-state index in [4.69, 9.17) is 13.6 Å². The van der Waals surface area contributed by atoms with E-state index in [1.165, 1.54) is 11.6 Å². The van der Waals surface area contributed by atoms with Gasteiger partial charge in [0.2, 0.25) is 0 Å². The maximum Gasteiger partial charge on any atom is 0.334 e. The molecule has 21 heavy (non-hydrogen) atoms. The van der Waals surface area contributed by atoms with Gasteiger partial charge >= 0.3 is 8.56 Å². The summed E-state index contributed by atoms with van der Waals surface area (Å²) >= 11 is 0. The van der Waals surface area contributed by atoms with Crippen LogP contribution in [0.5, 0.6) is 0 Å². The van der Waals surface area contributed by atoms with Crippen LogP contribution in [0, 0.1) is 0 Å². The summed E-state index contributed by atoms with van der Waals surface area (Å²) in [6.45, 7) is 8.64. The van der Waals surface area contributed by atoms with Gasteiger partial charge in [0.15, 0.2) is 0 Å². The normalized spacial score (nSPS) is 12.3. The summed E-state index contributed by atoms with van der Waals surface area (Å²) in [5.74, 6) is 0. The molecule has 120 valence electrons. The van der Waals surface area contributed by atoms with Crippen LogP contribution in [0.25, 0.3) is 0 Å². The molecule has 0 aliphatic carbocycles. The van der Waals surface area contributed by atoms with Gasteiger partial charge in [-0.2, -0.15) is 0 Å². The van der Waals surface area contributed by atoms with E-state index in [1.807, 2.05) is 13.8 Å². The fourth-order valence-electron chi connectivity index (χ4n) is 2.38. The van der Waals surface area contributed by atoms with Gasteiger partial charge in [0.1, 0.15) is 0 Å². The first-order valence-electron chi connectivity index (χ1n) is 8.09. The molecule has 0 aliphatic heterocycles. The first-order valence-corrected chi connectivity index (χ1v) is 12.6. The minimum absolute atomic E-state index is 0.150. The molecule has 5 heteroatoms. The highest BCUT2D eigenvalue weighted by atomic mass is 28.4. The fourth-order valence-corrected chi connectivity index (χ4v) is 8.16. The van der Waals surface area contributed by atoms with Gasteiger partial charge < -0.3 is 13.6 Å². The van der Waals surface area contributed by atoms with Gasteiger partial charge in [0, 0.05) is 19.4 Å². The standard InChI is InChI=1S/C16H30O3Si2/c1-4-18-21(3,19-5-2)14-13-20-15-17-12-11-16-9-7-6-8-10-16/h6-10H,4-5,11-15,20H2,1-3H3. The van der Waals surface area contributed by atoms with Crippen molar-refractivity contribution in [3.63, 3.8) is 0 Å². The average molecular weight is 327 g/mol. The molecule has 1 rings (SSSR count). The van der Waals surface area contributed by atoms with Gasteiger partial charge in [-0.05, 0) is 38.4 Å². The highest BCUT2D eigenvalue weighted by molar-refractivity contribution is 6.67. The van der Waals surface area contributed by atoms with E-state index in [0.29, 0.717) is 0 Å². The minimum Gasteiger partial charge on any atom is -0.395 e. The van der Waals surface area contributed by atoms with Crippen LogP contribution in [0.15, 0.2) is 30.3 Å². The van der Waals surface area contributed by atoms with Crippen LogP contribution in [0.4, 0.5) is 0 Å². The largest absolute Gasteiger partial charge is 0.395 e. The van der Waals surface area contributed by atoms with Gasteiger partial charge in [-0.15, -0.1) is 0 Å². The maximum atomic E-state index is 5.85. The molecular weight excluding hydrogens is 296 g/mol. The highest BCUT2D eigenvalue weighted by Crippen LogP contribution is 2.15. The zero-order valence-electron chi connectivity index (χ0n) is 13.8. The summed E-state index contributed by atoms with van der Waals surface area (Å²) < 4.78 is 17.5. The zero-order chi connectivity index (χ0) is 15.4. The second-order valence-corrected chi connectivity index (χ2v) is 10.5. The second kappa shape index (κ2) is 11.1. The Kier molecular flexibility index (Phi) is 9.86. The predicted molar refractivity (Wildman–Crippen MR) is 94.0 cm³/mol. The number of ether oxygens (including phenoxy) is 1. The molecule has 0 fully saturated rings. The molecule has 0 radical (unpaired) electrons. The first-order chi connectivity index (χ1) is 10.2. The van der Waals surface area contributed by atoms with Gasteiger partial charge in [-0.25, -0.2) is 0 Å². The Morgan fingerprint density at radius 2 is 1.71 bits per heavy atom. The Morgan fingerprint density at radius 3 is 2.33 bits per heavy atom. The molecule has 1 aromatic carbocycles. The van der Waals surface area contributed by atoms with Crippen molar-refractivity contribution >= 4 is 18.1 Å². The van der Waals surface area contributed by atoms with Gasteiger partial charge in [-0.3, -0.25) is 0 Å². The summed E-state index contributed by atoms with van der Waals surface area (Å²) in [4.78, 5) is 0. The van der Waals surface area contributed by atoms with Crippen molar-refractivity contribution < 1.29 is 13.6 Å². The molecule has 0 atom stereocenters. The van der Waals surface area contributed by atoms with Crippen molar-refractivity contribution in [2.75, 3.05) is 26.1 Å². The Bertz CT molecular complexity index is 354. The lowest BCUT2D eigenvalue weighted by Crippen LogP contribution is -2.38. The van der Waals surface area contributed by atoms with Crippen LogP contribution in [0.1, 0.15) is 19.4 Å². The Labute approximate surface area is 133 Å². The van der Waals surface area contributed by atoms with Crippen molar-refractivity contribution in [1.82, 2.24) is 0 Å². The number of rotatable bonds is 12. The predicted octanol–water partition coefficient (Wildman–Crippen LogP) is 2.94.